The van der Waals surface area contributed by atoms with Gasteiger partial charge >= 0.3 is 0 Å². The number of nitrogen functional groups attached to an aromatic ring is 1. The molecule has 230 valence electrons. The van der Waals surface area contributed by atoms with Gasteiger partial charge < -0.3 is 25.0 Å². The van der Waals surface area contributed by atoms with Gasteiger partial charge in [0.25, 0.3) is 17.5 Å². The number of rotatable bonds is 9. The van der Waals surface area contributed by atoms with Crippen LogP contribution in [0.3, 0.4) is 0 Å². The Kier molecular flexibility index (Phi) is 11.3. The standard InChI is InChI=1S/C16H15FN2O4.C16H17FN2O2/c1-18(2)16(20)12-8-15(13(17)9-14(12)19(21)22)23-10-11-6-4-3-5-7-11;1-19(2)16(20)12-8-15(13(17)9-14(12)18)21-10-11-6-4-3-5-7-11/h3-9H,10H2,1-2H3;3-9H,10,18H2,1-2H3. The summed E-state index contributed by atoms with van der Waals surface area (Å²) >= 11 is 0. The molecular formula is C32H32F2N4O6. The maximum atomic E-state index is 14.0. The number of hydrogen-bond acceptors (Lipinski definition) is 7. The molecule has 0 spiro atoms. The Bertz CT molecular complexity index is 1620. The van der Waals surface area contributed by atoms with Crippen molar-refractivity contribution in [3.05, 3.63) is 129 Å². The number of amides is 2. The average Bonchev–Trinajstić information content (AvgIpc) is 3.00. The van der Waals surface area contributed by atoms with Crippen LogP contribution in [-0.2, 0) is 13.2 Å². The molecule has 0 aromatic heterocycles. The third-order valence-corrected chi connectivity index (χ3v) is 6.10. The number of anilines is 1. The van der Waals surface area contributed by atoms with Crippen LogP contribution in [0.25, 0.3) is 0 Å². The molecule has 0 fully saturated rings. The molecule has 4 aromatic rings. The predicted octanol–water partition coefficient (Wildman–Crippen LogP) is 5.70. The minimum Gasteiger partial charge on any atom is -0.486 e. The number of hydrogen-bond donors (Lipinski definition) is 1. The van der Waals surface area contributed by atoms with E-state index in [2.05, 4.69) is 0 Å². The highest BCUT2D eigenvalue weighted by molar-refractivity contribution is 5.99. The fourth-order valence-corrected chi connectivity index (χ4v) is 3.79. The van der Waals surface area contributed by atoms with E-state index >= 15 is 0 Å². The average molecular weight is 607 g/mol. The van der Waals surface area contributed by atoms with Crippen LogP contribution in [0.5, 0.6) is 11.5 Å². The molecule has 4 rings (SSSR count). The minimum absolute atomic E-state index is 0.0123. The molecule has 0 aliphatic rings. The monoisotopic (exact) mass is 606 g/mol. The molecule has 4 aromatic carbocycles. The Balaban J connectivity index is 0.000000241. The zero-order valence-electron chi connectivity index (χ0n) is 24.6. The maximum Gasteiger partial charge on any atom is 0.285 e. The minimum atomic E-state index is -0.886. The lowest BCUT2D eigenvalue weighted by molar-refractivity contribution is -0.385. The zero-order chi connectivity index (χ0) is 32.4. The Morgan fingerprint density at radius 1 is 0.727 bits per heavy atom. The highest BCUT2D eigenvalue weighted by Gasteiger charge is 2.25. The van der Waals surface area contributed by atoms with E-state index in [4.69, 9.17) is 15.2 Å². The second-order valence-electron chi connectivity index (χ2n) is 9.87. The van der Waals surface area contributed by atoms with Gasteiger partial charge in [-0.2, -0.15) is 0 Å². The number of ether oxygens (including phenoxy) is 2. The molecule has 0 unspecified atom stereocenters. The molecule has 2 N–H and O–H groups in total. The highest BCUT2D eigenvalue weighted by Crippen LogP contribution is 2.29. The normalized spacial score (nSPS) is 10.2. The summed E-state index contributed by atoms with van der Waals surface area (Å²) in [4.78, 5) is 36.8. The molecule has 12 heteroatoms. The first-order chi connectivity index (χ1) is 20.9. The van der Waals surface area contributed by atoms with E-state index in [1.807, 2.05) is 48.5 Å². The highest BCUT2D eigenvalue weighted by atomic mass is 19.1. The number of halogens is 2. The second kappa shape index (κ2) is 15.1. The van der Waals surface area contributed by atoms with Gasteiger partial charge in [-0.1, -0.05) is 60.7 Å². The van der Waals surface area contributed by atoms with Crippen LogP contribution < -0.4 is 15.2 Å². The molecule has 0 aliphatic heterocycles. The number of carbonyl (C=O) groups is 2. The number of benzene rings is 4. The fraction of sp³-hybridized carbons (Fsp3) is 0.188. The third-order valence-electron chi connectivity index (χ3n) is 6.10. The van der Waals surface area contributed by atoms with Crippen molar-refractivity contribution in [1.29, 1.82) is 0 Å². The van der Waals surface area contributed by atoms with Crippen molar-refractivity contribution in [2.45, 2.75) is 13.2 Å². The van der Waals surface area contributed by atoms with Crippen LogP contribution >= 0.6 is 0 Å². The smallest absolute Gasteiger partial charge is 0.285 e. The molecule has 0 radical (unpaired) electrons. The largest absolute Gasteiger partial charge is 0.486 e. The SMILES string of the molecule is CN(C)C(=O)c1cc(OCc2ccccc2)c(F)cc1N.CN(C)C(=O)c1cc(OCc2ccccc2)c(F)cc1[N+](=O)[O-]. The molecule has 0 saturated heterocycles. The van der Waals surface area contributed by atoms with E-state index in [0.29, 0.717) is 6.07 Å². The summed E-state index contributed by atoms with van der Waals surface area (Å²) in [5, 5.41) is 11.0. The lowest BCUT2D eigenvalue weighted by Gasteiger charge is -2.14. The van der Waals surface area contributed by atoms with Crippen LogP contribution in [0, 0.1) is 21.7 Å². The van der Waals surface area contributed by atoms with Gasteiger partial charge in [0.15, 0.2) is 23.1 Å². The summed E-state index contributed by atoms with van der Waals surface area (Å²) in [6.45, 7) is 0.308. The van der Waals surface area contributed by atoms with Crippen LogP contribution in [0.4, 0.5) is 20.2 Å². The molecule has 0 bridgehead atoms. The summed E-state index contributed by atoms with van der Waals surface area (Å²) in [6, 6.07) is 22.7. The van der Waals surface area contributed by atoms with E-state index in [0.717, 1.165) is 23.3 Å². The third kappa shape index (κ3) is 8.74. The Morgan fingerprint density at radius 3 is 1.57 bits per heavy atom. The zero-order valence-corrected chi connectivity index (χ0v) is 24.6. The molecule has 0 saturated carbocycles. The van der Waals surface area contributed by atoms with Gasteiger partial charge in [0.05, 0.1) is 16.6 Å². The summed E-state index contributed by atoms with van der Waals surface area (Å²) in [5.74, 6) is -2.55. The van der Waals surface area contributed by atoms with E-state index in [-0.39, 0.29) is 47.4 Å². The van der Waals surface area contributed by atoms with E-state index < -0.39 is 28.2 Å². The number of nitrogens with two attached hydrogens (primary N) is 1. The van der Waals surface area contributed by atoms with E-state index in [1.165, 1.54) is 30.0 Å². The van der Waals surface area contributed by atoms with Gasteiger partial charge in [0, 0.05) is 46.0 Å². The number of nitro benzene ring substituents is 1. The van der Waals surface area contributed by atoms with Crippen LogP contribution in [-0.4, -0.2) is 54.7 Å². The lowest BCUT2D eigenvalue weighted by atomic mass is 10.1. The van der Waals surface area contributed by atoms with Crippen molar-refractivity contribution >= 4 is 23.2 Å². The van der Waals surface area contributed by atoms with Gasteiger partial charge in [0.1, 0.15) is 18.8 Å². The number of nitro groups is 1. The Morgan fingerprint density at radius 2 is 1.14 bits per heavy atom. The topological polar surface area (TPSA) is 128 Å². The van der Waals surface area contributed by atoms with Crippen molar-refractivity contribution in [2.24, 2.45) is 0 Å². The van der Waals surface area contributed by atoms with E-state index in [1.54, 1.807) is 26.2 Å². The first-order valence-electron chi connectivity index (χ1n) is 13.2. The summed E-state index contributed by atoms with van der Waals surface area (Å²) in [6.07, 6.45) is 0. The van der Waals surface area contributed by atoms with Crippen LogP contribution in [0.2, 0.25) is 0 Å². The van der Waals surface area contributed by atoms with Crippen molar-refractivity contribution in [3.63, 3.8) is 0 Å². The second-order valence-corrected chi connectivity index (χ2v) is 9.87. The summed E-state index contributed by atoms with van der Waals surface area (Å²) in [5.41, 5.74) is 6.93. The lowest BCUT2D eigenvalue weighted by Crippen LogP contribution is -2.23. The van der Waals surface area contributed by atoms with Crippen molar-refractivity contribution in [2.75, 3.05) is 33.9 Å². The van der Waals surface area contributed by atoms with Crippen molar-refractivity contribution < 1.29 is 32.8 Å². The van der Waals surface area contributed by atoms with Gasteiger partial charge in [-0.25, -0.2) is 8.78 Å². The quantitative estimate of drug-likeness (QED) is 0.147. The molecule has 0 heterocycles. The first kappa shape index (κ1) is 33.0. The van der Waals surface area contributed by atoms with Gasteiger partial charge in [-0.05, 0) is 17.2 Å². The van der Waals surface area contributed by atoms with Crippen molar-refractivity contribution in [3.8, 4) is 11.5 Å². The van der Waals surface area contributed by atoms with Gasteiger partial charge in [0.2, 0.25) is 0 Å². The van der Waals surface area contributed by atoms with Crippen molar-refractivity contribution in [1.82, 2.24) is 9.80 Å². The number of nitrogens with zero attached hydrogens (tertiary/aromatic N) is 3. The number of carbonyl (C=O) groups excluding carboxylic acids is 2. The fourth-order valence-electron chi connectivity index (χ4n) is 3.79. The van der Waals surface area contributed by atoms with Gasteiger partial charge in [-0.3, -0.25) is 19.7 Å². The van der Waals surface area contributed by atoms with Gasteiger partial charge in [-0.15, -0.1) is 0 Å². The predicted molar refractivity (Wildman–Crippen MR) is 161 cm³/mol. The molecule has 0 aliphatic carbocycles. The van der Waals surface area contributed by atoms with Crippen LogP contribution in [0.15, 0.2) is 84.9 Å². The molecule has 0 atom stereocenters. The molecule has 44 heavy (non-hydrogen) atoms. The Hall–Kier alpha value is -5.52. The summed E-state index contributed by atoms with van der Waals surface area (Å²) < 4.78 is 38.7. The molecule has 2 amide bonds. The maximum absolute atomic E-state index is 14.0. The molecule has 10 nitrogen and oxygen atoms in total. The first-order valence-corrected chi connectivity index (χ1v) is 13.2. The Labute approximate surface area is 253 Å². The van der Waals surface area contributed by atoms with E-state index in [9.17, 15) is 28.5 Å². The van der Waals surface area contributed by atoms with Crippen LogP contribution in [0.1, 0.15) is 31.8 Å². The molecular weight excluding hydrogens is 574 g/mol. The summed E-state index contributed by atoms with van der Waals surface area (Å²) in [7, 11) is 6.13.